The van der Waals surface area contributed by atoms with Gasteiger partial charge >= 0.3 is 11.9 Å². The van der Waals surface area contributed by atoms with Crippen LogP contribution in [0.25, 0.3) is 21.8 Å². The molecule has 6 aliphatic rings. The van der Waals surface area contributed by atoms with Gasteiger partial charge in [0, 0.05) is 105 Å². The van der Waals surface area contributed by atoms with Crippen LogP contribution in [0.15, 0.2) is 36.4 Å². The number of fused-ring (bicyclic) bond motifs is 6. The maximum absolute atomic E-state index is 13.4. The number of hydrogen-bond acceptors (Lipinski definition) is 10. The molecule has 10 rings (SSSR count). The van der Waals surface area contributed by atoms with Crippen LogP contribution in [0, 0.1) is 23.7 Å². The van der Waals surface area contributed by atoms with Crippen molar-refractivity contribution in [3.8, 4) is 0 Å². The first kappa shape index (κ1) is 53.0. The van der Waals surface area contributed by atoms with Gasteiger partial charge in [0.15, 0.2) is 0 Å². The Morgan fingerprint density at radius 2 is 1.19 bits per heavy atom. The number of carbonyl (C=O) groups is 4. The van der Waals surface area contributed by atoms with Crippen molar-refractivity contribution >= 4 is 45.6 Å². The number of likely N-dealkylation sites (N-methyl/N-ethyl adjacent to an activating group) is 2. The quantitative estimate of drug-likeness (QED) is 0.119. The van der Waals surface area contributed by atoms with Crippen LogP contribution in [0.3, 0.4) is 0 Å². The lowest BCUT2D eigenvalue weighted by Crippen LogP contribution is -2.44. The number of rotatable bonds is 11. The van der Waals surface area contributed by atoms with Crippen LogP contribution in [-0.4, -0.2) is 139 Å². The largest absolute Gasteiger partial charge is 0.480 e. The Morgan fingerprint density at radius 3 is 1.61 bits per heavy atom. The summed E-state index contributed by atoms with van der Waals surface area (Å²) in [7, 11) is 4.25. The molecule has 2 aliphatic carbocycles. The van der Waals surface area contributed by atoms with Gasteiger partial charge in [-0.25, -0.2) is 4.79 Å². The van der Waals surface area contributed by atoms with Crippen molar-refractivity contribution in [3.05, 3.63) is 70.0 Å². The van der Waals surface area contributed by atoms with Gasteiger partial charge in [-0.3, -0.25) is 14.4 Å². The van der Waals surface area contributed by atoms with Gasteiger partial charge < -0.3 is 59.6 Å². The van der Waals surface area contributed by atoms with E-state index in [1.165, 1.54) is 59.1 Å². The molecule has 0 spiro atoms. The molecule has 2 aromatic carbocycles. The van der Waals surface area contributed by atoms with Crippen molar-refractivity contribution in [1.82, 2.24) is 24.7 Å². The number of hydrogen-bond donors (Lipinski definition) is 5. The first-order valence-electron chi connectivity index (χ1n) is 25.9. The van der Waals surface area contributed by atoms with E-state index in [1.807, 2.05) is 32.0 Å². The van der Waals surface area contributed by atoms with Crippen molar-refractivity contribution < 1.29 is 48.3 Å². The van der Waals surface area contributed by atoms with E-state index in [0.29, 0.717) is 55.3 Å². The van der Waals surface area contributed by atoms with Gasteiger partial charge in [0.1, 0.15) is 0 Å². The van der Waals surface area contributed by atoms with Gasteiger partial charge in [0.25, 0.3) is 5.91 Å². The fourth-order valence-electron chi connectivity index (χ4n) is 11.4. The van der Waals surface area contributed by atoms with E-state index < -0.39 is 11.9 Å². The molecule has 16 heteroatoms. The SMILES string of the molecule is CCN(CC(=O)N[C@H]1CCOC1)C(=O)c1ccc2c(c1)c1c(n2C)CCC(C2CCOCC2)C1.CCNCC(=O)O.Cn1c2c(c3cc(C(=O)O)ccc31)CC(C1CCOCC1)CC2.NC1CCOC1. The smallest absolute Gasteiger partial charge is 0.335 e. The summed E-state index contributed by atoms with van der Waals surface area (Å²) in [6.45, 7) is 11.5. The van der Waals surface area contributed by atoms with Gasteiger partial charge in [-0.05, 0) is 162 Å². The van der Waals surface area contributed by atoms with Crippen molar-refractivity contribution in [2.24, 2.45) is 43.5 Å². The maximum atomic E-state index is 13.4. The van der Waals surface area contributed by atoms with E-state index in [-0.39, 0.29) is 30.9 Å². The molecule has 3 unspecified atom stereocenters. The second-order valence-corrected chi connectivity index (χ2v) is 19.9. The molecule has 0 saturated carbocycles. The van der Waals surface area contributed by atoms with Crippen LogP contribution in [0.4, 0.5) is 0 Å². The monoisotopic (exact) mass is 971 g/mol. The average molecular weight is 971 g/mol. The third-order valence-corrected chi connectivity index (χ3v) is 15.5. The van der Waals surface area contributed by atoms with Crippen LogP contribution in [0.2, 0.25) is 0 Å². The fourth-order valence-corrected chi connectivity index (χ4v) is 11.4. The first-order valence-corrected chi connectivity index (χ1v) is 25.9. The number of aromatic nitrogens is 2. The summed E-state index contributed by atoms with van der Waals surface area (Å²) in [5.74, 6) is 1.04. The minimum atomic E-state index is -0.846. The zero-order valence-electron chi connectivity index (χ0n) is 42.0. The number of nitrogens with two attached hydrogens (primary N) is 1. The molecule has 4 aromatic rings. The second kappa shape index (κ2) is 25.5. The Bertz CT molecular complexity index is 2390. The van der Waals surface area contributed by atoms with E-state index in [4.69, 9.17) is 29.8 Å². The van der Waals surface area contributed by atoms with E-state index in [1.54, 1.807) is 11.0 Å². The van der Waals surface area contributed by atoms with Crippen molar-refractivity contribution in [1.29, 1.82) is 0 Å². The minimum Gasteiger partial charge on any atom is -0.480 e. The topological polar surface area (TPSA) is 209 Å². The zero-order valence-corrected chi connectivity index (χ0v) is 42.0. The summed E-state index contributed by atoms with van der Waals surface area (Å²) >= 11 is 0. The predicted octanol–water partition coefficient (Wildman–Crippen LogP) is 5.90. The van der Waals surface area contributed by atoms with Crippen LogP contribution in [0.5, 0.6) is 0 Å². The van der Waals surface area contributed by atoms with Crippen molar-refractivity contribution in [2.75, 3.05) is 79.0 Å². The lowest BCUT2D eigenvalue weighted by molar-refractivity contribution is -0.136. The Kier molecular flexibility index (Phi) is 19.3. The van der Waals surface area contributed by atoms with Crippen LogP contribution in [0.1, 0.15) is 108 Å². The number of amides is 2. The normalized spacial score (nSPS) is 22.4. The number of carboxylic acids is 2. The Morgan fingerprint density at radius 1 is 0.671 bits per heavy atom. The number of aliphatic carboxylic acids is 1. The number of carboxylic acid groups (broad SMARTS) is 2. The number of nitrogens with one attached hydrogen (secondary N) is 2. The average Bonchev–Trinajstić information content (AvgIpc) is 4.20. The summed E-state index contributed by atoms with van der Waals surface area (Å²) in [5, 5.41) is 25.2. The molecular formula is C54H78N6O10. The highest BCUT2D eigenvalue weighted by atomic mass is 16.5. The van der Waals surface area contributed by atoms with Crippen LogP contribution < -0.4 is 16.4 Å². The lowest BCUT2D eigenvalue weighted by Gasteiger charge is -2.33. The van der Waals surface area contributed by atoms with Crippen molar-refractivity contribution in [2.45, 2.75) is 103 Å². The molecule has 0 bridgehead atoms. The molecule has 384 valence electrons. The molecule has 4 saturated heterocycles. The number of carbonyl (C=O) groups excluding carboxylic acids is 2. The van der Waals surface area contributed by atoms with Crippen LogP contribution in [-0.2, 0) is 68.3 Å². The van der Waals surface area contributed by atoms with E-state index in [9.17, 15) is 24.3 Å². The van der Waals surface area contributed by atoms with E-state index in [2.05, 4.69) is 46.0 Å². The van der Waals surface area contributed by atoms with Gasteiger partial charge in [-0.1, -0.05) is 6.92 Å². The summed E-state index contributed by atoms with van der Waals surface area (Å²) in [5.41, 5.74) is 14.4. The van der Waals surface area contributed by atoms with E-state index in [0.717, 1.165) is 114 Å². The molecule has 4 fully saturated rings. The summed E-state index contributed by atoms with van der Waals surface area (Å²) in [4.78, 5) is 48.5. The fraction of sp³-hybridized carbons (Fsp3) is 0.630. The second-order valence-electron chi connectivity index (χ2n) is 19.9. The molecule has 2 amide bonds. The molecule has 4 aliphatic heterocycles. The highest BCUT2D eigenvalue weighted by molar-refractivity contribution is 6.01. The summed E-state index contributed by atoms with van der Waals surface area (Å²) in [6.07, 6.45) is 13.4. The molecule has 2 aromatic heterocycles. The Balaban J connectivity index is 0.000000171. The Hall–Kier alpha value is -4.84. The molecule has 6 N–H and O–H groups in total. The minimum absolute atomic E-state index is 0.0529. The highest BCUT2D eigenvalue weighted by Crippen LogP contribution is 2.41. The highest BCUT2D eigenvalue weighted by Gasteiger charge is 2.33. The standard InChI is InChI=1S/C27H37N3O4.C19H23NO3.C4H9NO2.C4H9NO/c1-3-30(16-26(31)28-21-10-13-34-17-21)27(32)20-5-7-25-23(15-20)22-14-19(4-6-24(22)29(25)2)18-8-11-33-12-9-18;1-20-17-4-2-13(12-6-8-23-9-7-12)10-15(17)16-11-14(19(21)22)3-5-18(16)20;1-2-5-3-4(6)7;5-4-1-2-6-3-4/h5,7,15,18-19,21H,3-4,6,8-14,16-17H2,1-2H3,(H,28,31);3,5,11-13H,2,4,6-10H2,1H3,(H,21,22);5H,2-3H2,1H3,(H,6,7);4H,1-3,5H2/t19?,21-;;;/m0.../s1. The number of aromatic carboxylic acids is 1. The maximum Gasteiger partial charge on any atom is 0.335 e. The lowest BCUT2D eigenvalue weighted by atomic mass is 9.75. The number of nitrogens with zero attached hydrogens (tertiary/aromatic N) is 3. The summed E-state index contributed by atoms with van der Waals surface area (Å²) in [6, 6.07) is 12.0. The third kappa shape index (κ3) is 13.4. The van der Waals surface area contributed by atoms with Crippen molar-refractivity contribution in [3.63, 3.8) is 0 Å². The third-order valence-electron chi connectivity index (χ3n) is 15.5. The van der Waals surface area contributed by atoms with Gasteiger partial charge in [0.05, 0.1) is 37.9 Å². The van der Waals surface area contributed by atoms with Crippen LogP contribution >= 0.6 is 0 Å². The van der Waals surface area contributed by atoms with Gasteiger partial charge in [-0.2, -0.15) is 0 Å². The zero-order chi connectivity index (χ0) is 49.7. The summed E-state index contributed by atoms with van der Waals surface area (Å²) < 4.78 is 25.9. The molecule has 16 nitrogen and oxygen atoms in total. The van der Waals surface area contributed by atoms with Gasteiger partial charge in [-0.15, -0.1) is 0 Å². The number of ether oxygens (including phenoxy) is 4. The number of benzene rings is 2. The predicted molar refractivity (Wildman–Crippen MR) is 269 cm³/mol. The number of aryl methyl sites for hydroxylation is 2. The first-order chi connectivity index (χ1) is 33.9. The molecule has 4 atom stereocenters. The molecule has 6 heterocycles. The van der Waals surface area contributed by atoms with Gasteiger partial charge in [0.2, 0.25) is 5.91 Å². The molecular weight excluding hydrogens is 893 g/mol. The molecule has 70 heavy (non-hydrogen) atoms. The van der Waals surface area contributed by atoms with E-state index >= 15 is 0 Å². The molecule has 0 radical (unpaired) electrons. The Labute approximate surface area is 412 Å².